The van der Waals surface area contributed by atoms with Crippen LogP contribution in [-0.4, -0.2) is 61.5 Å². The van der Waals surface area contributed by atoms with Gasteiger partial charge in [0.25, 0.3) is 0 Å². The molecule has 0 spiro atoms. The molecular weight excluding hydrogens is 258 g/mol. The third-order valence-electron chi connectivity index (χ3n) is 4.28. The second-order valence-electron chi connectivity index (χ2n) is 6.34. The van der Waals surface area contributed by atoms with Gasteiger partial charge < -0.3 is 14.2 Å². The summed E-state index contributed by atoms with van der Waals surface area (Å²) in [6.07, 6.45) is 2.20. The van der Waals surface area contributed by atoms with E-state index >= 15 is 0 Å². The van der Waals surface area contributed by atoms with E-state index in [4.69, 9.17) is 14.2 Å². The smallest absolute Gasteiger partial charge is 0.307 e. The van der Waals surface area contributed by atoms with E-state index in [1.807, 2.05) is 6.92 Å². The monoisotopic (exact) mass is 285 g/mol. The zero-order valence-corrected chi connectivity index (χ0v) is 12.9. The van der Waals surface area contributed by atoms with Crippen molar-refractivity contribution in [3.8, 4) is 0 Å². The molecule has 2 rings (SSSR count). The molecular formula is C15H27NO4. The van der Waals surface area contributed by atoms with E-state index in [2.05, 4.69) is 18.7 Å². The van der Waals surface area contributed by atoms with Crippen LogP contribution in [0.5, 0.6) is 0 Å². The van der Waals surface area contributed by atoms with E-state index < -0.39 is 0 Å². The van der Waals surface area contributed by atoms with E-state index in [1.54, 1.807) is 0 Å². The molecule has 0 aliphatic carbocycles. The van der Waals surface area contributed by atoms with Gasteiger partial charge in [-0.25, -0.2) is 0 Å². The van der Waals surface area contributed by atoms with Gasteiger partial charge in [-0.15, -0.1) is 0 Å². The Bertz CT molecular complexity index is 339. The largest absolute Gasteiger partial charge is 0.466 e. The summed E-state index contributed by atoms with van der Waals surface area (Å²) < 4.78 is 16.5. The third kappa shape index (κ3) is 3.71. The Balaban J connectivity index is 2.15. The van der Waals surface area contributed by atoms with Crippen LogP contribution in [0.25, 0.3) is 0 Å². The van der Waals surface area contributed by atoms with Gasteiger partial charge in [0.2, 0.25) is 0 Å². The first-order valence-electron chi connectivity index (χ1n) is 7.60. The highest BCUT2D eigenvalue weighted by molar-refractivity contribution is 5.71. The zero-order valence-electron chi connectivity index (χ0n) is 12.9. The molecule has 5 nitrogen and oxygen atoms in total. The number of nitrogens with zero attached hydrogens (tertiary/aromatic N) is 1. The molecule has 0 N–H and O–H groups in total. The van der Waals surface area contributed by atoms with Crippen LogP contribution in [0.3, 0.4) is 0 Å². The average Bonchev–Trinajstić information content (AvgIpc) is 2.38. The first-order valence-corrected chi connectivity index (χ1v) is 7.60. The summed E-state index contributed by atoms with van der Waals surface area (Å²) in [6, 6.07) is 0. The van der Waals surface area contributed by atoms with E-state index in [1.165, 1.54) is 0 Å². The van der Waals surface area contributed by atoms with Gasteiger partial charge in [-0.3, -0.25) is 9.69 Å². The highest BCUT2D eigenvalue weighted by atomic mass is 16.5. The van der Waals surface area contributed by atoms with Gasteiger partial charge in [0.1, 0.15) is 0 Å². The van der Waals surface area contributed by atoms with E-state index in [0.717, 1.165) is 39.1 Å². The molecule has 2 aliphatic rings. The van der Waals surface area contributed by atoms with Gasteiger partial charge in [0, 0.05) is 25.2 Å². The van der Waals surface area contributed by atoms with Crippen LogP contribution in [0.2, 0.25) is 0 Å². The summed E-state index contributed by atoms with van der Waals surface area (Å²) in [6.45, 7) is 10.5. The van der Waals surface area contributed by atoms with Crippen molar-refractivity contribution in [2.75, 3.05) is 39.5 Å². The SMILES string of the molecule is CCOC(=O)CC1(N2CCOCC2)CCOC(C)(C)C1. The number of ether oxygens (including phenoxy) is 3. The molecule has 0 aromatic carbocycles. The molecule has 1 atom stereocenters. The molecule has 20 heavy (non-hydrogen) atoms. The van der Waals surface area contributed by atoms with Gasteiger partial charge in [0.05, 0.1) is 31.8 Å². The lowest BCUT2D eigenvalue weighted by Crippen LogP contribution is -2.60. The fourth-order valence-corrected chi connectivity index (χ4v) is 3.50. The Labute approximate surface area is 121 Å². The number of hydrogen-bond donors (Lipinski definition) is 0. The fourth-order valence-electron chi connectivity index (χ4n) is 3.50. The minimum Gasteiger partial charge on any atom is -0.466 e. The second-order valence-corrected chi connectivity index (χ2v) is 6.34. The summed E-state index contributed by atoms with van der Waals surface area (Å²) in [7, 11) is 0. The maximum Gasteiger partial charge on any atom is 0.307 e. The molecule has 2 fully saturated rings. The number of carbonyl (C=O) groups is 1. The van der Waals surface area contributed by atoms with Crippen LogP contribution in [0.15, 0.2) is 0 Å². The Hall–Kier alpha value is -0.650. The van der Waals surface area contributed by atoms with Crippen molar-refractivity contribution in [1.29, 1.82) is 0 Å². The van der Waals surface area contributed by atoms with Gasteiger partial charge >= 0.3 is 5.97 Å². The lowest BCUT2D eigenvalue weighted by atomic mass is 9.77. The standard InChI is InChI=1S/C15H27NO4/c1-4-19-13(17)11-15(16-6-9-18-10-7-16)5-8-20-14(2,3)12-15/h4-12H2,1-3H3. The van der Waals surface area contributed by atoms with E-state index in [-0.39, 0.29) is 17.1 Å². The second kappa shape index (κ2) is 6.41. The van der Waals surface area contributed by atoms with E-state index in [0.29, 0.717) is 19.6 Å². The normalized spacial score (nSPS) is 30.9. The quantitative estimate of drug-likeness (QED) is 0.734. The van der Waals surface area contributed by atoms with Gasteiger partial charge in [-0.2, -0.15) is 0 Å². The Morgan fingerprint density at radius 2 is 1.95 bits per heavy atom. The topological polar surface area (TPSA) is 48.0 Å². The van der Waals surface area contributed by atoms with Gasteiger partial charge in [-0.1, -0.05) is 0 Å². The zero-order chi connectivity index (χ0) is 14.6. The van der Waals surface area contributed by atoms with Crippen molar-refractivity contribution in [2.24, 2.45) is 0 Å². The summed E-state index contributed by atoms with van der Waals surface area (Å²) in [5.41, 5.74) is -0.333. The summed E-state index contributed by atoms with van der Waals surface area (Å²) in [5.74, 6) is -0.100. The van der Waals surface area contributed by atoms with E-state index in [9.17, 15) is 4.79 Å². The Morgan fingerprint density at radius 3 is 2.55 bits per heavy atom. The number of esters is 1. The lowest BCUT2D eigenvalue weighted by molar-refractivity contribution is -0.161. The van der Waals surface area contributed by atoms with Crippen LogP contribution in [0, 0.1) is 0 Å². The fraction of sp³-hybridized carbons (Fsp3) is 0.933. The Kier molecular flexibility index (Phi) is 5.04. The molecule has 0 radical (unpaired) electrons. The molecule has 2 heterocycles. The number of hydrogen-bond acceptors (Lipinski definition) is 5. The van der Waals surface area contributed by atoms with Crippen molar-refractivity contribution < 1.29 is 19.0 Å². The van der Waals surface area contributed by atoms with Crippen molar-refractivity contribution in [2.45, 2.75) is 51.2 Å². The molecule has 2 aliphatic heterocycles. The van der Waals surface area contributed by atoms with Crippen molar-refractivity contribution >= 4 is 5.97 Å². The third-order valence-corrected chi connectivity index (χ3v) is 4.28. The summed E-state index contributed by atoms with van der Waals surface area (Å²) in [4.78, 5) is 14.5. The summed E-state index contributed by atoms with van der Waals surface area (Å²) >= 11 is 0. The molecule has 1 unspecified atom stereocenters. The maximum atomic E-state index is 12.0. The van der Waals surface area contributed by atoms with Crippen LogP contribution in [0.1, 0.15) is 40.0 Å². The number of rotatable bonds is 4. The van der Waals surface area contributed by atoms with Crippen molar-refractivity contribution in [3.05, 3.63) is 0 Å². The maximum absolute atomic E-state index is 12.0. The molecule has 0 amide bonds. The highest BCUT2D eigenvalue weighted by Gasteiger charge is 2.46. The molecule has 0 saturated carbocycles. The molecule has 0 aromatic rings. The Morgan fingerprint density at radius 1 is 1.25 bits per heavy atom. The first-order chi connectivity index (χ1) is 9.47. The average molecular weight is 285 g/mol. The molecule has 0 aromatic heterocycles. The number of carbonyl (C=O) groups excluding carboxylic acids is 1. The minimum atomic E-state index is -0.191. The predicted molar refractivity (Wildman–Crippen MR) is 75.6 cm³/mol. The molecule has 2 saturated heterocycles. The lowest BCUT2D eigenvalue weighted by Gasteiger charge is -2.51. The van der Waals surface area contributed by atoms with Gasteiger partial charge in [-0.05, 0) is 33.6 Å². The molecule has 0 bridgehead atoms. The van der Waals surface area contributed by atoms with Crippen LogP contribution < -0.4 is 0 Å². The van der Waals surface area contributed by atoms with Crippen LogP contribution in [-0.2, 0) is 19.0 Å². The first kappa shape index (κ1) is 15.7. The minimum absolute atomic E-state index is 0.100. The van der Waals surface area contributed by atoms with Crippen LogP contribution in [0.4, 0.5) is 0 Å². The molecule has 116 valence electrons. The summed E-state index contributed by atoms with van der Waals surface area (Å²) in [5, 5.41) is 0. The molecule has 5 heteroatoms. The highest BCUT2D eigenvalue weighted by Crippen LogP contribution is 2.39. The van der Waals surface area contributed by atoms with Crippen LogP contribution >= 0.6 is 0 Å². The van der Waals surface area contributed by atoms with Gasteiger partial charge in [0.15, 0.2) is 0 Å². The van der Waals surface area contributed by atoms with Crippen molar-refractivity contribution in [1.82, 2.24) is 4.90 Å². The van der Waals surface area contributed by atoms with Crippen molar-refractivity contribution in [3.63, 3.8) is 0 Å². The number of morpholine rings is 1. The predicted octanol–water partition coefficient (Wildman–Crippen LogP) is 1.60.